The number of likely N-dealkylation sites (N-methyl/N-ethyl adjacent to an activating group) is 1. The Labute approximate surface area is 184 Å². The van der Waals surface area contributed by atoms with Crippen LogP contribution in [0.15, 0.2) is 24.4 Å². The molecule has 1 fully saturated rings. The fourth-order valence-electron chi connectivity index (χ4n) is 5.51. The number of nitrogens with one attached hydrogen (secondary N) is 1. The molecule has 1 saturated heterocycles. The highest BCUT2D eigenvalue weighted by Gasteiger charge is 2.41. The maximum Gasteiger partial charge on any atom is 0.417 e. The number of hydrogen-bond acceptors (Lipinski definition) is 4. The molecule has 1 N–H and O–H groups in total. The van der Waals surface area contributed by atoms with Gasteiger partial charge in [0.15, 0.2) is 0 Å². The summed E-state index contributed by atoms with van der Waals surface area (Å²) >= 11 is 0. The minimum Gasteiger partial charge on any atom is -0.449 e. The van der Waals surface area contributed by atoms with E-state index in [-0.39, 0.29) is 18.6 Å². The van der Waals surface area contributed by atoms with Crippen molar-refractivity contribution < 1.29 is 14.3 Å². The zero-order chi connectivity index (χ0) is 22.1. The molecule has 4 rings (SSSR count). The molecule has 2 aromatic rings. The lowest BCUT2D eigenvalue weighted by atomic mass is 9.72. The molecule has 1 aromatic carbocycles. The Morgan fingerprint density at radius 3 is 2.84 bits per heavy atom. The molecule has 1 aliphatic heterocycles. The first-order chi connectivity index (χ1) is 14.9. The molecular formula is C24H34N4O3. The summed E-state index contributed by atoms with van der Waals surface area (Å²) in [5.41, 5.74) is 3.97. The number of piperidine rings is 1. The van der Waals surface area contributed by atoms with Gasteiger partial charge in [-0.1, -0.05) is 19.1 Å². The van der Waals surface area contributed by atoms with Gasteiger partial charge in [-0.05, 0) is 56.3 Å². The first kappa shape index (κ1) is 21.7. The molecule has 7 heteroatoms. The van der Waals surface area contributed by atoms with Crippen LogP contribution in [-0.2, 0) is 11.2 Å². The van der Waals surface area contributed by atoms with Crippen molar-refractivity contribution in [3.05, 3.63) is 35.5 Å². The molecule has 1 unspecified atom stereocenters. The van der Waals surface area contributed by atoms with Crippen molar-refractivity contribution in [2.75, 3.05) is 40.3 Å². The van der Waals surface area contributed by atoms with Gasteiger partial charge >= 0.3 is 12.1 Å². The summed E-state index contributed by atoms with van der Waals surface area (Å²) in [4.78, 5) is 34.4. The van der Waals surface area contributed by atoms with E-state index in [4.69, 9.17) is 4.74 Å². The molecule has 31 heavy (non-hydrogen) atoms. The van der Waals surface area contributed by atoms with Gasteiger partial charge in [-0.3, -0.25) is 0 Å². The maximum atomic E-state index is 13.0. The monoisotopic (exact) mass is 426 g/mol. The summed E-state index contributed by atoms with van der Waals surface area (Å²) in [5.74, 6) is 0.591. The number of imide groups is 1. The van der Waals surface area contributed by atoms with Gasteiger partial charge in [0.25, 0.3) is 0 Å². The number of ether oxygens (including phenoxy) is 1. The maximum absolute atomic E-state index is 13.0. The molecule has 0 spiro atoms. The molecule has 168 valence electrons. The van der Waals surface area contributed by atoms with E-state index in [1.807, 2.05) is 6.92 Å². The van der Waals surface area contributed by atoms with Gasteiger partial charge in [-0.2, -0.15) is 0 Å². The van der Waals surface area contributed by atoms with E-state index in [0.29, 0.717) is 25.0 Å². The molecule has 3 amide bonds. The lowest BCUT2D eigenvalue weighted by Crippen LogP contribution is -2.53. The Hall–Kier alpha value is -2.54. The van der Waals surface area contributed by atoms with Crippen LogP contribution in [0.3, 0.4) is 0 Å². The summed E-state index contributed by atoms with van der Waals surface area (Å²) < 4.78 is 5.23. The average Bonchev–Trinajstić information content (AvgIpc) is 3.17. The zero-order valence-electron chi connectivity index (χ0n) is 19.1. The number of carbonyl (C=O) groups excluding carboxylic acids is 2. The Balaban J connectivity index is 1.57. The summed E-state index contributed by atoms with van der Waals surface area (Å²) in [6, 6.07) is 6.68. The molecule has 1 aliphatic carbocycles. The number of aromatic nitrogens is 1. The summed E-state index contributed by atoms with van der Waals surface area (Å²) in [7, 11) is 3.91. The van der Waals surface area contributed by atoms with Crippen LogP contribution in [-0.4, -0.2) is 78.2 Å². The van der Waals surface area contributed by atoms with Gasteiger partial charge in [0, 0.05) is 55.7 Å². The van der Waals surface area contributed by atoms with E-state index >= 15 is 0 Å². The minimum atomic E-state index is -0.543. The minimum absolute atomic E-state index is 0.199. The third kappa shape index (κ3) is 4.03. The molecule has 2 heterocycles. The topological polar surface area (TPSA) is 68.9 Å². The molecular weight excluding hydrogens is 392 g/mol. The van der Waals surface area contributed by atoms with E-state index in [2.05, 4.69) is 41.3 Å². The molecule has 2 aliphatic rings. The number of aromatic amines is 1. The van der Waals surface area contributed by atoms with E-state index in [9.17, 15) is 9.59 Å². The highest BCUT2D eigenvalue weighted by atomic mass is 16.6. The Morgan fingerprint density at radius 1 is 1.29 bits per heavy atom. The van der Waals surface area contributed by atoms with Crippen molar-refractivity contribution in [3.8, 4) is 0 Å². The second kappa shape index (κ2) is 8.91. The number of nitrogens with zero attached hydrogens (tertiary/aromatic N) is 3. The standard InChI is InChI=1S/C24H34N4O3/c1-5-10-26(3)23(29)28(24(30)31-6-2)15-16-11-19-18-8-7-9-20-22(18)17(13-25-20)12-21(19)27(4)14-16/h7-9,13,16,19,21,25H,5-6,10-12,14-15H2,1-4H3/t16-,19?,21-/m1/s1. The van der Waals surface area contributed by atoms with Crippen LogP contribution < -0.4 is 0 Å². The molecule has 0 saturated carbocycles. The van der Waals surface area contributed by atoms with Gasteiger partial charge in [-0.15, -0.1) is 0 Å². The Bertz CT molecular complexity index is 955. The van der Waals surface area contributed by atoms with Crippen LogP contribution >= 0.6 is 0 Å². The third-order valence-electron chi connectivity index (χ3n) is 6.86. The van der Waals surface area contributed by atoms with Crippen molar-refractivity contribution >= 4 is 23.0 Å². The van der Waals surface area contributed by atoms with E-state index in [0.717, 1.165) is 25.8 Å². The van der Waals surface area contributed by atoms with Crippen molar-refractivity contribution in [2.24, 2.45) is 5.92 Å². The van der Waals surface area contributed by atoms with Crippen LogP contribution in [0.25, 0.3) is 10.9 Å². The normalized spacial score (nSPS) is 22.8. The second-order valence-electron chi connectivity index (χ2n) is 9.02. The highest BCUT2D eigenvalue weighted by Crippen LogP contribution is 2.44. The van der Waals surface area contributed by atoms with Gasteiger partial charge in [0.2, 0.25) is 0 Å². The average molecular weight is 427 g/mol. The molecule has 3 atom stereocenters. The fraction of sp³-hybridized carbons (Fsp3) is 0.583. The Morgan fingerprint density at radius 2 is 2.10 bits per heavy atom. The Kier molecular flexibility index (Phi) is 6.23. The van der Waals surface area contributed by atoms with Crippen LogP contribution in [0.2, 0.25) is 0 Å². The fourth-order valence-corrected chi connectivity index (χ4v) is 5.51. The quantitative estimate of drug-likeness (QED) is 0.783. The predicted octanol–water partition coefficient (Wildman–Crippen LogP) is 4.05. The summed E-state index contributed by atoms with van der Waals surface area (Å²) in [6.07, 6.45) is 4.44. The van der Waals surface area contributed by atoms with E-state index in [1.165, 1.54) is 26.9 Å². The van der Waals surface area contributed by atoms with Crippen LogP contribution in [0.1, 0.15) is 43.7 Å². The number of rotatable bonds is 5. The van der Waals surface area contributed by atoms with Gasteiger partial charge in [0.05, 0.1) is 6.61 Å². The molecule has 7 nitrogen and oxygen atoms in total. The highest BCUT2D eigenvalue weighted by molar-refractivity contribution is 5.91. The summed E-state index contributed by atoms with van der Waals surface area (Å²) in [6.45, 7) is 5.91. The van der Waals surface area contributed by atoms with Crippen LogP contribution in [0.5, 0.6) is 0 Å². The first-order valence-corrected chi connectivity index (χ1v) is 11.4. The molecule has 0 bridgehead atoms. The number of fused-ring (bicyclic) bond motifs is 2. The number of urea groups is 1. The SMILES string of the molecule is CCCN(C)C(=O)N(C[C@@H]1CC2c3cccc4[nH]cc(c34)C[C@H]2N(C)C1)C(=O)OCC. The number of H-pyrrole nitrogens is 1. The van der Waals surface area contributed by atoms with Gasteiger partial charge in [-0.25, -0.2) is 14.5 Å². The number of amides is 3. The number of likely N-dealkylation sites (tertiary alicyclic amines) is 1. The number of hydrogen-bond donors (Lipinski definition) is 1. The van der Waals surface area contributed by atoms with Crippen molar-refractivity contribution in [1.82, 2.24) is 19.7 Å². The third-order valence-corrected chi connectivity index (χ3v) is 6.86. The lowest BCUT2D eigenvalue weighted by Gasteiger charge is -2.46. The number of carbonyl (C=O) groups is 2. The van der Waals surface area contributed by atoms with E-state index in [1.54, 1.807) is 18.9 Å². The molecule has 1 aromatic heterocycles. The van der Waals surface area contributed by atoms with Crippen LogP contribution in [0, 0.1) is 5.92 Å². The largest absolute Gasteiger partial charge is 0.449 e. The number of benzene rings is 1. The van der Waals surface area contributed by atoms with Crippen molar-refractivity contribution in [2.45, 2.75) is 45.1 Å². The van der Waals surface area contributed by atoms with Crippen molar-refractivity contribution in [3.63, 3.8) is 0 Å². The molecule has 0 radical (unpaired) electrons. The van der Waals surface area contributed by atoms with E-state index < -0.39 is 6.09 Å². The summed E-state index contributed by atoms with van der Waals surface area (Å²) in [5, 5.41) is 1.36. The lowest BCUT2D eigenvalue weighted by molar-refractivity contribution is 0.0724. The van der Waals surface area contributed by atoms with Crippen molar-refractivity contribution in [1.29, 1.82) is 0 Å². The smallest absolute Gasteiger partial charge is 0.417 e. The predicted molar refractivity (Wildman–Crippen MR) is 121 cm³/mol. The first-order valence-electron chi connectivity index (χ1n) is 11.4. The zero-order valence-corrected chi connectivity index (χ0v) is 19.1. The van der Waals surface area contributed by atoms with Crippen LogP contribution in [0.4, 0.5) is 9.59 Å². The second-order valence-corrected chi connectivity index (χ2v) is 9.02. The van der Waals surface area contributed by atoms with Gasteiger partial charge in [0.1, 0.15) is 0 Å². The van der Waals surface area contributed by atoms with Gasteiger partial charge < -0.3 is 19.5 Å².